The van der Waals surface area contributed by atoms with Crippen LogP contribution < -0.4 is 0 Å². The predicted molar refractivity (Wildman–Crippen MR) is 63.8 cm³/mol. The first kappa shape index (κ1) is 13.8. The van der Waals surface area contributed by atoms with Crippen LogP contribution in [-0.4, -0.2) is 5.78 Å². The minimum absolute atomic E-state index is 0.0379. The number of ketones is 1. The number of hydrogen-bond donors (Lipinski definition) is 0. The van der Waals surface area contributed by atoms with Gasteiger partial charge in [-0.1, -0.05) is 26.7 Å². The first-order valence-electron chi connectivity index (χ1n) is 5.98. The van der Waals surface area contributed by atoms with E-state index in [1.165, 1.54) is 12.1 Å². The molecule has 0 bridgehead atoms. The Morgan fingerprint density at radius 2 is 1.82 bits per heavy atom. The molecule has 1 unspecified atom stereocenters. The van der Waals surface area contributed by atoms with Crippen molar-refractivity contribution in [2.45, 2.75) is 39.5 Å². The molecule has 17 heavy (non-hydrogen) atoms. The molecule has 0 heterocycles. The van der Waals surface area contributed by atoms with Crippen LogP contribution in [0.1, 0.15) is 38.7 Å². The number of benzene rings is 1. The van der Waals surface area contributed by atoms with E-state index in [0.29, 0.717) is 17.9 Å². The molecule has 94 valence electrons. The van der Waals surface area contributed by atoms with Crippen LogP contribution in [0.15, 0.2) is 18.2 Å². The first-order chi connectivity index (χ1) is 8.01. The van der Waals surface area contributed by atoms with E-state index in [-0.39, 0.29) is 12.2 Å². The Hall–Kier alpha value is -1.25. The monoisotopic (exact) mass is 240 g/mol. The summed E-state index contributed by atoms with van der Waals surface area (Å²) < 4.78 is 25.8. The second-order valence-electron chi connectivity index (χ2n) is 4.59. The largest absolute Gasteiger partial charge is 0.299 e. The van der Waals surface area contributed by atoms with E-state index in [4.69, 9.17) is 0 Å². The van der Waals surface area contributed by atoms with Gasteiger partial charge in [0.25, 0.3) is 0 Å². The number of halogens is 2. The lowest BCUT2D eigenvalue weighted by Crippen LogP contribution is -2.08. The molecule has 0 fully saturated rings. The molecule has 1 rings (SSSR count). The summed E-state index contributed by atoms with van der Waals surface area (Å²) in [4.78, 5) is 11.7. The molecule has 0 N–H and O–H groups in total. The van der Waals surface area contributed by atoms with Crippen molar-refractivity contribution in [1.29, 1.82) is 0 Å². The fourth-order valence-corrected chi connectivity index (χ4v) is 2.00. The van der Waals surface area contributed by atoms with Gasteiger partial charge in [-0.15, -0.1) is 0 Å². The molecule has 0 radical (unpaired) electrons. The zero-order chi connectivity index (χ0) is 12.8. The average molecular weight is 240 g/mol. The molecule has 0 aliphatic heterocycles. The van der Waals surface area contributed by atoms with Gasteiger partial charge < -0.3 is 0 Å². The third-order valence-corrected chi connectivity index (χ3v) is 2.68. The van der Waals surface area contributed by atoms with E-state index in [9.17, 15) is 13.6 Å². The third kappa shape index (κ3) is 5.07. The standard InChI is InChI=1S/C14H18F2O/c1-3-4-10(2)5-14(17)8-11-6-12(15)9-13(16)7-11/h6-7,9-10H,3-5,8H2,1-2H3. The minimum atomic E-state index is -0.630. The number of carbonyl (C=O) groups excluding carboxylic acids is 1. The molecule has 3 heteroatoms. The quantitative estimate of drug-likeness (QED) is 0.737. The second kappa shape index (κ2) is 6.48. The normalized spacial score (nSPS) is 12.5. The van der Waals surface area contributed by atoms with Gasteiger partial charge in [-0.2, -0.15) is 0 Å². The van der Waals surface area contributed by atoms with Crippen LogP contribution in [0.4, 0.5) is 8.78 Å². The molecule has 0 spiro atoms. The highest BCUT2D eigenvalue weighted by Gasteiger charge is 2.10. The van der Waals surface area contributed by atoms with Crippen LogP contribution >= 0.6 is 0 Å². The van der Waals surface area contributed by atoms with E-state index >= 15 is 0 Å². The Bertz CT molecular complexity index is 368. The third-order valence-electron chi connectivity index (χ3n) is 2.68. The van der Waals surface area contributed by atoms with Gasteiger partial charge in [-0.25, -0.2) is 8.78 Å². The zero-order valence-electron chi connectivity index (χ0n) is 10.3. The smallest absolute Gasteiger partial charge is 0.137 e. The number of carbonyl (C=O) groups is 1. The molecule has 1 aromatic carbocycles. The predicted octanol–water partition coefficient (Wildman–Crippen LogP) is 3.90. The van der Waals surface area contributed by atoms with Crippen LogP contribution in [-0.2, 0) is 11.2 Å². The van der Waals surface area contributed by atoms with Gasteiger partial charge in [0.1, 0.15) is 17.4 Å². The Labute approximate surface area is 101 Å². The second-order valence-corrected chi connectivity index (χ2v) is 4.59. The minimum Gasteiger partial charge on any atom is -0.299 e. The molecule has 1 nitrogen and oxygen atoms in total. The maximum Gasteiger partial charge on any atom is 0.137 e. The van der Waals surface area contributed by atoms with E-state index in [1.54, 1.807) is 0 Å². The highest BCUT2D eigenvalue weighted by atomic mass is 19.1. The van der Waals surface area contributed by atoms with Crippen molar-refractivity contribution < 1.29 is 13.6 Å². The van der Waals surface area contributed by atoms with Crippen molar-refractivity contribution in [3.8, 4) is 0 Å². The highest BCUT2D eigenvalue weighted by Crippen LogP contribution is 2.14. The summed E-state index contributed by atoms with van der Waals surface area (Å²) in [6, 6.07) is 3.24. The molecule has 0 amide bonds. The molecule has 0 aromatic heterocycles. The summed E-state index contributed by atoms with van der Waals surface area (Å²) in [6.45, 7) is 4.09. The van der Waals surface area contributed by atoms with E-state index in [1.807, 2.05) is 6.92 Å². The maximum atomic E-state index is 12.9. The fourth-order valence-electron chi connectivity index (χ4n) is 2.00. The molecule has 0 saturated carbocycles. The van der Waals surface area contributed by atoms with Gasteiger partial charge >= 0.3 is 0 Å². The van der Waals surface area contributed by atoms with Crippen LogP contribution in [0.3, 0.4) is 0 Å². The molecule has 0 aliphatic rings. The number of hydrogen-bond acceptors (Lipinski definition) is 1. The lowest BCUT2D eigenvalue weighted by atomic mass is 9.96. The molecule has 0 saturated heterocycles. The van der Waals surface area contributed by atoms with Crippen molar-refractivity contribution in [2.24, 2.45) is 5.92 Å². The van der Waals surface area contributed by atoms with E-state index < -0.39 is 11.6 Å². The molecule has 0 aliphatic carbocycles. The Balaban J connectivity index is 2.56. The van der Waals surface area contributed by atoms with Crippen LogP contribution in [0.25, 0.3) is 0 Å². The maximum absolute atomic E-state index is 12.9. The van der Waals surface area contributed by atoms with Gasteiger partial charge in [0.05, 0.1) is 0 Å². The van der Waals surface area contributed by atoms with Gasteiger partial charge in [-0.3, -0.25) is 4.79 Å². The van der Waals surface area contributed by atoms with Crippen LogP contribution in [0.5, 0.6) is 0 Å². The van der Waals surface area contributed by atoms with Gasteiger partial charge in [-0.05, 0) is 23.6 Å². The molecular weight excluding hydrogens is 222 g/mol. The van der Waals surface area contributed by atoms with Crippen molar-refractivity contribution in [2.75, 3.05) is 0 Å². The average Bonchev–Trinajstić information content (AvgIpc) is 2.14. The van der Waals surface area contributed by atoms with Gasteiger partial charge in [0.15, 0.2) is 0 Å². The van der Waals surface area contributed by atoms with Crippen LogP contribution in [0.2, 0.25) is 0 Å². The Kier molecular flexibility index (Phi) is 5.26. The fraction of sp³-hybridized carbons (Fsp3) is 0.500. The summed E-state index contributed by atoms with van der Waals surface area (Å²) in [5, 5.41) is 0. The zero-order valence-corrected chi connectivity index (χ0v) is 10.3. The van der Waals surface area contributed by atoms with Crippen LogP contribution in [0, 0.1) is 17.6 Å². The molecule has 1 atom stereocenters. The molecular formula is C14H18F2O. The topological polar surface area (TPSA) is 17.1 Å². The summed E-state index contributed by atoms with van der Waals surface area (Å²) in [5.41, 5.74) is 0.413. The van der Waals surface area contributed by atoms with Crippen molar-refractivity contribution in [3.63, 3.8) is 0 Å². The summed E-state index contributed by atoms with van der Waals surface area (Å²) in [7, 11) is 0. The number of Topliss-reactive ketones (excluding diaryl/α,β-unsaturated/α-hetero) is 1. The lowest BCUT2D eigenvalue weighted by Gasteiger charge is -2.08. The van der Waals surface area contributed by atoms with E-state index in [2.05, 4.69) is 6.92 Å². The lowest BCUT2D eigenvalue weighted by molar-refractivity contribution is -0.119. The molecule has 1 aromatic rings. The summed E-state index contributed by atoms with van der Waals surface area (Å²) in [6.07, 6.45) is 2.64. The van der Waals surface area contributed by atoms with Crippen molar-refractivity contribution in [1.82, 2.24) is 0 Å². The Morgan fingerprint density at radius 1 is 1.24 bits per heavy atom. The van der Waals surface area contributed by atoms with Gasteiger partial charge in [0.2, 0.25) is 0 Å². The Morgan fingerprint density at radius 3 is 2.35 bits per heavy atom. The van der Waals surface area contributed by atoms with Crippen molar-refractivity contribution >= 4 is 5.78 Å². The van der Waals surface area contributed by atoms with Gasteiger partial charge in [0, 0.05) is 18.9 Å². The first-order valence-corrected chi connectivity index (χ1v) is 5.98. The van der Waals surface area contributed by atoms with E-state index in [0.717, 1.165) is 18.9 Å². The number of rotatable bonds is 6. The SMILES string of the molecule is CCCC(C)CC(=O)Cc1cc(F)cc(F)c1. The van der Waals surface area contributed by atoms with Crippen molar-refractivity contribution in [3.05, 3.63) is 35.4 Å². The summed E-state index contributed by atoms with van der Waals surface area (Å²) >= 11 is 0. The summed E-state index contributed by atoms with van der Waals surface area (Å²) in [5.74, 6) is -0.884. The highest BCUT2D eigenvalue weighted by molar-refractivity contribution is 5.81.